The first-order valence-corrected chi connectivity index (χ1v) is 6.04. The fraction of sp³-hybridized carbons (Fsp3) is 0.333. The normalized spacial score (nSPS) is 25.7. The quantitative estimate of drug-likeness (QED) is 0.464. The van der Waals surface area contributed by atoms with Crippen molar-refractivity contribution in [3.63, 3.8) is 0 Å². The molecule has 0 bridgehead atoms. The van der Waals surface area contributed by atoms with Crippen molar-refractivity contribution in [1.82, 2.24) is 4.48 Å². The second-order valence-corrected chi connectivity index (χ2v) is 5.35. The monoisotopic (exact) mass is 257 g/mol. The molecule has 19 heavy (non-hydrogen) atoms. The predicted molar refractivity (Wildman–Crippen MR) is 73.5 cm³/mol. The first kappa shape index (κ1) is 13.3. The maximum atomic E-state index is 11.6. The second kappa shape index (κ2) is 4.22. The predicted octanol–water partition coefficient (Wildman–Crippen LogP) is 2.49. The summed E-state index contributed by atoms with van der Waals surface area (Å²) in [6.45, 7) is 4.03. The number of quaternary nitrogens is 1. The van der Waals surface area contributed by atoms with Crippen LogP contribution in [0.1, 0.15) is 19.4 Å². The number of nitriles is 1. The Morgan fingerprint density at radius 2 is 2.11 bits per heavy atom. The highest BCUT2D eigenvalue weighted by atomic mass is 16.5. The number of nitrogens with zero attached hydrogens (tertiary/aromatic N) is 2. The Kier molecular flexibility index (Phi) is 2.95. The van der Waals surface area contributed by atoms with Gasteiger partial charge in [-0.3, -0.25) is 0 Å². The molecule has 0 spiro atoms. The van der Waals surface area contributed by atoms with E-state index in [9.17, 15) is 4.79 Å². The highest BCUT2D eigenvalue weighted by molar-refractivity contribution is 5.82. The van der Waals surface area contributed by atoms with E-state index < -0.39 is 0 Å². The molecule has 0 fully saturated rings. The molecule has 1 aromatic carbocycles. The van der Waals surface area contributed by atoms with Gasteiger partial charge in [-0.2, -0.15) is 5.26 Å². The van der Waals surface area contributed by atoms with Crippen molar-refractivity contribution < 1.29 is 9.53 Å². The topological polar surface area (TPSA) is 50.1 Å². The minimum absolute atomic E-state index is 0.0138. The summed E-state index contributed by atoms with van der Waals surface area (Å²) in [5, 5.41) is 8.99. The van der Waals surface area contributed by atoms with E-state index in [2.05, 4.69) is 6.07 Å². The van der Waals surface area contributed by atoms with Gasteiger partial charge in [0, 0.05) is 11.6 Å². The van der Waals surface area contributed by atoms with Crippen molar-refractivity contribution in [2.45, 2.75) is 19.3 Å². The minimum Gasteiger partial charge on any atom is -0.497 e. The highest BCUT2D eigenvalue weighted by Gasteiger charge is 2.52. The van der Waals surface area contributed by atoms with Crippen LogP contribution in [0, 0.1) is 11.3 Å². The van der Waals surface area contributed by atoms with Gasteiger partial charge in [0.2, 0.25) is 0 Å². The molecule has 1 heterocycles. The summed E-state index contributed by atoms with van der Waals surface area (Å²) in [6, 6.07) is 7.72. The lowest BCUT2D eigenvalue weighted by Crippen LogP contribution is -2.42. The molecule has 0 saturated heterocycles. The maximum Gasteiger partial charge on any atom is 0.311 e. The van der Waals surface area contributed by atoms with Crippen molar-refractivity contribution in [2.75, 3.05) is 14.2 Å². The second-order valence-electron chi connectivity index (χ2n) is 5.35. The Hall–Kier alpha value is -2.12. The number of likely N-dealkylation sites (N-methyl/N-ethyl adjacent to an activating group) is 1. The average Bonchev–Trinajstić information content (AvgIpc) is 2.58. The van der Waals surface area contributed by atoms with Gasteiger partial charge in [-0.25, -0.2) is 9.28 Å². The Morgan fingerprint density at radius 1 is 1.42 bits per heavy atom. The molecular weight excluding hydrogens is 240 g/mol. The molecule has 0 saturated carbocycles. The Morgan fingerprint density at radius 3 is 2.63 bits per heavy atom. The van der Waals surface area contributed by atoms with Crippen LogP contribution in [0.4, 0.5) is 5.69 Å². The minimum atomic E-state index is -0.380. The van der Waals surface area contributed by atoms with Crippen LogP contribution in [-0.2, 0) is 10.2 Å². The third-order valence-corrected chi connectivity index (χ3v) is 3.93. The van der Waals surface area contributed by atoms with Crippen LogP contribution in [0.15, 0.2) is 30.0 Å². The van der Waals surface area contributed by atoms with E-state index in [4.69, 9.17) is 10.00 Å². The van der Waals surface area contributed by atoms with Crippen molar-refractivity contribution in [3.05, 3.63) is 35.5 Å². The number of rotatable bonds is 2. The molecule has 1 aliphatic rings. The fourth-order valence-corrected chi connectivity index (χ4v) is 2.89. The molecule has 1 unspecified atom stereocenters. The molecule has 1 atom stereocenters. The van der Waals surface area contributed by atoms with Crippen LogP contribution in [0.25, 0.3) is 0 Å². The average molecular weight is 257 g/mol. The van der Waals surface area contributed by atoms with Gasteiger partial charge in [-0.15, -0.1) is 0 Å². The lowest BCUT2D eigenvalue weighted by Gasteiger charge is -2.26. The van der Waals surface area contributed by atoms with Gasteiger partial charge in [0.05, 0.1) is 31.7 Å². The number of amides is 1. The van der Waals surface area contributed by atoms with Gasteiger partial charge in [-0.1, -0.05) is 0 Å². The highest BCUT2D eigenvalue weighted by Crippen LogP contribution is 2.51. The van der Waals surface area contributed by atoms with E-state index >= 15 is 0 Å². The van der Waals surface area contributed by atoms with Gasteiger partial charge in [-0.05, 0) is 26.0 Å². The number of hydrogen-bond donors (Lipinski definition) is 0. The molecule has 1 aromatic rings. The number of benzene rings is 1. The van der Waals surface area contributed by atoms with Crippen LogP contribution < -0.4 is 9.22 Å². The molecule has 0 aromatic heterocycles. The van der Waals surface area contributed by atoms with Crippen LogP contribution in [0.5, 0.6) is 5.75 Å². The number of ether oxygens (including phenoxy) is 1. The third kappa shape index (κ3) is 1.66. The standard InChI is InChI=1S/C15H17N2O2/c1-15(2)12-9-11(19-4)5-6-13(12)17(3,10-18)14(15)7-8-16/h5-7,9-10H,1-4H3/q+1. The van der Waals surface area contributed by atoms with E-state index in [1.807, 2.05) is 32.0 Å². The molecule has 0 aliphatic carbocycles. The summed E-state index contributed by atoms with van der Waals surface area (Å²) >= 11 is 0. The van der Waals surface area contributed by atoms with E-state index in [-0.39, 0.29) is 9.90 Å². The van der Waals surface area contributed by atoms with Gasteiger partial charge in [0.25, 0.3) is 0 Å². The molecule has 4 heteroatoms. The largest absolute Gasteiger partial charge is 0.497 e. The van der Waals surface area contributed by atoms with Gasteiger partial charge in [0.1, 0.15) is 17.1 Å². The smallest absolute Gasteiger partial charge is 0.311 e. The number of methoxy groups -OCH3 is 1. The summed E-state index contributed by atoms with van der Waals surface area (Å²) in [5.74, 6) is 0.752. The molecule has 0 radical (unpaired) electrons. The number of allylic oxidation sites excluding steroid dienone is 2. The van der Waals surface area contributed by atoms with Crippen molar-refractivity contribution in [1.29, 1.82) is 5.26 Å². The summed E-state index contributed by atoms with van der Waals surface area (Å²) in [5.41, 5.74) is 2.30. The van der Waals surface area contributed by atoms with Crippen LogP contribution in [0.2, 0.25) is 0 Å². The number of fused-ring (bicyclic) bond motifs is 1. The van der Waals surface area contributed by atoms with Gasteiger partial charge < -0.3 is 4.74 Å². The lowest BCUT2D eigenvalue weighted by atomic mass is 9.83. The third-order valence-electron chi connectivity index (χ3n) is 3.93. The number of carbonyl (C=O) groups excluding carboxylic acids is 1. The summed E-state index contributed by atoms with van der Waals surface area (Å²) in [6.07, 6.45) is 2.34. The summed E-state index contributed by atoms with van der Waals surface area (Å²) in [4.78, 5) is 11.6. The Bertz CT molecular complexity index is 611. The van der Waals surface area contributed by atoms with E-state index in [0.717, 1.165) is 29.1 Å². The summed E-state index contributed by atoms with van der Waals surface area (Å²) < 4.78 is 5.26. The van der Waals surface area contributed by atoms with Crippen LogP contribution >= 0.6 is 0 Å². The van der Waals surface area contributed by atoms with Crippen LogP contribution in [-0.4, -0.2) is 20.6 Å². The van der Waals surface area contributed by atoms with E-state index in [0.29, 0.717) is 0 Å². The molecule has 1 aliphatic heterocycles. The molecule has 1 amide bonds. The molecule has 4 nitrogen and oxygen atoms in total. The molecular formula is C15H17N2O2+. The number of hydrogen-bond acceptors (Lipinski definition) is 3. The first-order chi connectivity index (χ1) is 8.91. The van der Waals surface area contributed by atoms with E-state index in [1.165, 1.54) is 6.08 Å². The molecule has 2 rings (SSSR count). The first-order valence-electron chi connectivity index (χ1n) is 6.04. The zero-order chi connectivity index (χ0) is 14.3. The van der Waals surface area contributed by atoms with Crippen molar-refractivity contribution >= 4 is 12.1 Å². The van der Waals surface area contributed by atoms with Crippen LogP contribution in [0.3, 0.4) is 0 Å². The number of carbonyl (C=O) groups is 1. The zero-order valence-electron chi connectivity index (χ0n) is 11.6. The van der Waals surface area contributed by atoms with Crippen molar-refractivity contribution in [3.8, 4) is 11.8 Å². The fourth-order valence-electron chi connectivity index (χ4n) is 2.89. The molecule has 98 valence electrons. The maximum absolute atomic E-state index is 11.6. The SMILES string of the molecule is COc1ccc2c(c1)C(C)(C)C(=CC#N)[N+]2(C)C=O. The van der Waals surface area contributed by atoms with Gasteiger partial charge in [0.15, 0.2) is 0 Å². The zero-order valence-corrected chi connectivity index (χ0v) is 11.6. The lowest BCUT2D eigenvalue weighted by molar-refractivity contribution is -0.115. The Balaban J connectivity index is 2.80. The van der Waals surface area contributed by atoms with Gasteiger partial charge >= 0.3 is 6.41 Å². The summed E-state index contributed by atoms with van der Waals surface area (Å²) in [7, 11) is 3.42. The molecule has 0 N–H and O–H groups in total. The van der Waals surface area contributed by atoms with Crippen molar-refractivity contribution in [2.24, 2.45) is 0 Å². The Labute approximate surface area is 113 Å². The van der Waals surface area contributed by atoms with E-state index in [1.54, 1.807) is 14.2 Å².